The first kappa shape index (κ1) is 13.5. The lowest BCUT2D eigenvalue weighted by molar-refractivity contribution is -0.134. The Kier molecular flexibility index (Phi) is 5.86. The van der Waals surface area contributed by atoms with Crippen LogP contribution in [0.5, 0.6) is 0 Å². The minimum atomic E-state index is 0.354. The van der Waals surface area contributed by atoms with Gasteiger partial charge in [0.05, 0.1) is 0 Å². The molecule has 0 aromatic carbocycles. The molecule has 0 aromatic heterocycles. The van der Waals surface area contributed by atoms with Crippen molar-refractivity contribution in [2.75, 3.05) is 6.54 Å². The normalized spacial score (nSPS) is 17.8. The summed E-state index contributed by atoms with van der Waals surface area (Å²) in [4.78, 5) is 14.1. The van der Waals surface area contributed by atoms with E-state index >= 15 is 0 Å². The predicted octanol–water partition coefficient (Wildman–Crippen LogP) is 3.60. The Morgan fingerprint density at radius 1 is 1.25 bits per heavy atom. The van der Waals surface area contributed by atoms with Crippen LogP contribution < -0.4 is 0 Å². The molecule has 1 saturated carbocycles. The smallest absolute Gasteiger partial charge is 0.222 e. The van der Waals surface area contributed by atoms with Gasteiger partial charge in [0.2, 0.25) is 5.91 Å². The topological polar surface area (TPSA) is 20.3 Å². The SMILES string of the molecule is CCC(=O)N(CCC(C)C)C1CCCCC1. The summed E-state index contributed by atoms with van der Waals surface area (Å²) in [5.41, 5.74) is 0. The van der Waals surface area contributed by atoms with Gasteiger partial charge in [0, 0.05) is 19.0 Å². The average molecular weight is 225 g/mol. The van der Waals surface area contributed by atoms with Gasteiger partial charge in [-0.25, -0.2) is 0 Å². The summed E-state index contributed by atoms with van der Waals surface area (Å²) in [6.45, 7) is 7.41. The van der Waals surface area contributed by atoms with E-state index in [1.54, 1.807) is 0 Å². The molecule has 0 unspecified atom stereocenters. The minimum Gasteiger partial charge on any atom is -0.340 e. The molecule has 0 bridgehead atoms. The molecule has 0 aliphatic heterocycles. The number of nitrogens with zero attached hydrogens (tertiary/aromatic N) is 1. The van der Waals surface area contributed by atoms with E-state index in [0.717, 1.165) is 13.0 Å². The van der Waals surface area contributed by atoms with Crippen molar-refractivity contribution in [3.05, 3.63) is 0 Å². The second-order valence-electron chi connectivity index (χ2n) is 5.42. The first-order chi connectivity index (χ1) is 7.65. The van der Waals surface area contributed by atoms with Gasteiger partial charge >= 0.3 is 0 Å². The van der Waals surface area contributed by atoms with Gasteiger partial charge < -0.3 is 4.90 Å². The molecule has 0 radical (unpaired) electrons. The second kappa shape index (κ2) is 6.93. The molecule has 1 amide bonds. The summed E-state index contributed by atoms with van der Waals surface area (Å²) in [5, 5.41) is 0. The molecule has 1 aliphatic carbocycles. The summed E-state index contributed by atoms with van der Waals surface area (Å²) in [6, 6.07) is 0.542. The number of hydrogen-bond donors (Lipinski definition) is 0. The maximum Gasteiger partial charge on any atom is 0.222 e. The lowest BCUT2D eigenvalue weighted by Gasteiger charge is -2.34. The van der Waals surface area contributed by atoms with E-state index in [1.807, 2.05) is 6.92 Å². The summed E-state index contributed by atoms with van der Waals surface area (Å²) in [6.07, 6.45) is 8.22. The first-order valence-corrected chi connectivity index (χ1v) is 6.94. The molecule has 0 heterocycles. The fraction of sp³-hybridized carbons (Fsp3) is 0.929. The highest BCUT2D eigenvalue weighted by Gasteiger charge is 2.23. The Balaban J connectivity index is 2.51. The monoisotopic (exact) mass is 225 g/mol. The van der Waals surface area contributed by atoms with E-state index in [9.17, 15) is 4.79 Å². The molecule has 1 rings (SSSR count). The zero-order chi connectivity index (χ0) is 12.0. The third-order valence-electron chi connectivity index (χ3n) is 3.59. The van der Waals surface area contributed by atoms with E-state index in [-0.39, 0.29) is 0 Å². The maximum absolute atomic E-state index is 11.9. The van der Waals surface area contributed by atoms with Gasteiger partial charge in [-0.1, -0.05) is 40.0 Å². The van der Waals surface area contributed by atoms with E-state index < -0.39 is 0 Å². The summed E-state index contributed by atoms with van der Waals surface area (Å²) in [5.74, 6) is 1.04. The van der Waals surface area contributed by atoms with Crippen LogP contribution in [0.15, 0.2) is 0 Å². The molecule has 0 saturated heterocycles. The van der Waals surface area contributed by atoms with Crippen LogP contribution in [0.3, 0.4) is 0 Å². The molecular weight excluding hydrogens is 198 g/mol. The standard InChI is InChI=1S/C14H27NO/c1-4-14(16)15(11-10-12(2)3)13-8-6-5-7-9-13/h12-13H,4-11H2,1-3H3. The van der Waals surface area contributed by atoms with Crippen molar-refractivity contribution in [1.82, 2.24) is 4.90 Å². The molecule has 16 heavy (non-hydrogen) atoms. The third-order valence-corrected chi connectivity index (χ3v) is 3.59. The van der Waals surface area contributed by atoms with Gasteiger partial charge in [-0.05, 0) is 25.2 Å². The van der Waals surface area contributed by atoms with Gasteiger partial charge in [0.25, 0.3) is 0 Å². The Labute approximate surface area is 100 Å². The molecule has 0 N–H and O–H groups in total. The molecule has 0 atom stereocenters. The zero-order valence-electron chi connectivity index (χ0n) is 11.2. The van der Waals surface area contributed by atoms with E-state index in [2.05, 4.69) is 18.7 Å². The number of carbonyl (C=O) groups excluding carboxylic acids is 1. The van der Waals surface area contributed by atoms with Gasteiger partial charge in [0.1, 0.15) is 0 Å². The fourth-order valence-corrected chi connectivity index (χ4v) is 2.50. The van der Waals surface area contributed by atoms with Gasteiger partial charge in [0.15, 0.2) is 0 Å². The second-order valence-corrected chi connectivity index (χ2v) is 5.42. The van der Waals surface area contributed by atoms with Crippen LogP contribution in [0.1, 0.15) is 65.7 Å². The van der Waals surface area contributed by atoms with Crippen molar-refractivity contribution in [1.29, 1.82) is 0 Å². The van der Waals surface area contributed by atoms with Crippen LogP contribution >= 0.6 is 0 Å². The quantitative estimate of drug-likeness (QED) is 0.700. The van der Waals surface area contributed by atoms with Crippen LogP contribution in [0.4, 0.5) is 0 Å². The molecule has 1 fully saturated rings. The molecule has 0 aromatic rings. The van der Waals surface area contributed by atoms with E-state index in [0.29, 0.717) is 24.3 Å². The van der Waals surface area contributed by atoms with E-state index in [1.165, 1.54) is 32.1 Å². The van der Waals surface area contributed by atoms with Gasteiger partial charge in [-0.3, -0.25) is 4.79 Å². The van der Waals surface area contributed by atoms with Crippen LogP contribution in [0.25, 0.3) is 0 Å². The average Bonchev–Trinajstić information content (AvgIpc) is 2.30. The van der Waals surface area contributed by atoms with Crippen molar-refractivity contribution in [2.45, 2.75) is 71.8 Å². The highest BCUT2D eigenvalue weighted by Crippen LogP contribution is 2.23. The highest BCUT2D eigenvalue weighted by molar-refractivity contribution is 5.76. The lowest BCUT2D eigenvalue weighted by atomic mass is 9.93. The van der Waals surface area contributed by atoms with E-state index in [4.69, 9.17) is 0 Å². The third kappa shape index (κ3) is 4.15. The van der Waals surface area contributed by atoms with Crippen LogP contribution in [-0.2, 0) is 4.79 Å². The Morgan fingerprint density at radius 3 is 2.38 bits per heavy atom. The van der Waals surface area contributed by atoms with Gasteiger partial charge in [-0.2, -0.15) is 0 Å². The van der Waals surface area contributed by atoms with Crippen LogP contribution in [-0.4, -0.2) is 23.4 Å². The van der Waals surface area contributed by atoms with Crippen molar-refractivity contribution < 1.29 is 4.79 Å². The van der Waals surface area contributed by atoms with Crippen LogP contribution in [0, 0.1) is 5.92 Å². The van der Waals surface area contributed by atoms with Crippen molar-refractivity contribution >= 4 is 5.91 Å². The number of carbonyl (C=O) groups is 1. The zero-order valence-corrected chi connectivity index (χ0v) is 11.2. The molecule has 94 valence electrons. The lowest BCUT2D eigenvalue weighted by Crippen LogP contribution is -2.42. The minimum absolute atomic E-state index is 0.354. The van der Waals surface area contributed by atoms with Gasteiger partial charge in [-0.15, -0.1) is 0 Å². The molecule has 1 aliphatic rings. The number of rotatable bonds is 5. The van der Waals surface area contributed by atoms with Crippen molar-refractivity contribution in [3.63, 3.8) is 0 Å². The largest absolute Gasteiger partial charge is 0.340 e. The fourth-order valence-electron chi connectivity index (χ4n) is 2.50. The molecule has 0 spiro atoms. The number of hydrogen-bond acceptors (Lipinski definition) is 1. The molecular formula is C14H27NO. The summed E-state index contributed by atoms with van der Waals surface area (Å²) < 4.78 is 0. The van der Waals surface area contributed by atoms with Crippen molar-refractivity contribution in [3.8, 4) is 0 Å². The number of amides is 1. The maximum atomic E-state index is 11.9. The summed E-state index contributed by atoms with van der Waals surface area (Å²) in [7, 11) is 0. The predicted molar refractivity (Wildman–Crippen MR) is 68.3 cm³/mol. The Bertz CT molecular complexity index is 207. The van der Waals surface area contributed by atoms with Crippen LogP contribution in [0.2, 0.25) is 0 Å². The Hall–Kier alpha value is -0.530. The van der Waals surface area contributed by atoms with Crippen molar-refractivity contribution in [2.24, 2.45) is 5.92 Å². The Morgan fingerprint density at radius 2 is 1.88 bits per heavy atom. The summed E-state index contributed by atoms with van der Waals surface area (Å²) >= 11 is 0. The molecule has 2 heteroatoms. The molecule has 2 nitrogen and oxygen atoms in total. The first-order valence-electron chi connectivity index (χ1n) is 6.94. The highest BCUT2D eigenvalue weighted by atomic mass is 16.2.